The van der Waals surface area contributed by atoms with Crippen molar-refractivity contribution < 1.29 is 5.11 Å². The van der Waals surface area contributed by atoms with E-state index in [1.165, 1.54) is 12.6 Å². The van der Waals surface area contributed by atoms with Crippen molar-refractivity contribution in [2.75, 3.05) is 20.1 Å². The van der Waals surface area contributed by atoms with Gasteiger partial charge in [-0.2, -0.15) is 0 Å². The van der Waals surface area contributed by atoms with E-state index in [1.807, 2.05) is 13.0 Å². The van der Waals surface area contributed by atoms with E-state index in [2.05, 4.69) is 11.9 Å². The summed E-state index contributed by atoms with van der Waals surface area (Å²) in [5.74, 6) is 0.597. The molecule has 5 N–H and O–H groups in total. The van der Waals surface area contributed by atoms with Crippen molar-refractivity contribution in [3.05, 3.63) is 23.9 Å². The summed E-state index contributed by atoms with van der Waals surface area (Å²) in [5, 5.41) is 9.91. The van der Waals surface area contributed by atoms with Crippen LogP contribution in [0.3, 0.4) is 0 Å². The van der Waals surface area contributed by atoms with E-state index in [4.69, 9.17) is 11.5 Å². The molecule has 1 aliphatic heterocycles. The van der Waals surface area contributed by atoms with Crippen LogP contribution in [-0.4, -0.2) is 42.3 Å². The number of nitrogens with zero attached hydrogens (tertiary/aromatic N) is 1. The molecule has 1 heterocycles. The van der Waals surface area contributed by atoms with Gasteiger partial charge in [0.2, 0.25) is 0 Å². The van der Waals surface area contributed by atoms with Crippen molar-refractivity contribution in [1.82, 2.24) is 4.90 Å². The standard InChI is InChI=1S/C13H25N3O/c1-10(15)12(8-14)3-4-13(17)7-11-5-6-16(2)9-11/h3-4,8,10-11,13,17H,5-7,9,14-15H2,1-2H3/b4-3-,12-8+/t10?,11-,13?/m0/s1. The van der Waals surface area contributed by atoms with Gasteiger partial charge in [-0.05, 0) is 51.0 Å². The van der Waals surface area contributed by atoms with Gasteiger partial charge in [0.1, 0.15) is 0 Å². The minimum atomic E-state index is -0.403. The Morgan fingerprint density at radius 3 is 2.76 bits per heavy atom. The molecule has 0 aliphatic carbocycles. The predicted octanol–water partition coefficient (Wildman–Crippen LogP) is 0.435. The topological polar surface area (TPSA) is 75.5 Å². The molecule has 1 fully saturated rings. The lowest BCUT2D eigenvalue weighted by Crippen LogP contribution is -2.19. The number of rotatable bonds is 5. The molecule has 0 spiro atoms. The van der Waals surface area contributed by atoms with Gasteiger partial charge in [-0.25, -0.2) is 0 Å². The molecule has 1 saturated heterocycles. The number of aliphatic hydroxyl groups is 1. The molecule has 98 valence electrons. The van der Waals surface area contributed by atoms with Gasteiger partial charge in [0.05, 0.1) is 6.10 Å². The van der Waals surface area contributed by atoms with Crippen LogP contribution in [-0.2, 0) is 0 Å². The normalized spacial score (nSPS) is 26.6. The third-order valence-corrected chi connectivity index (χ3v) is 3.29. The minimum absolute atomic E-state index is 0.0962. The van der Waals surface area contributed by atoms with Gasteiger partial charge in [0.15, 0.2) is 0 Å². The minimum Gasteiger partial charge on any atom is -0.404 e. The highest BCUT2D eigenvalue weighted by Gasteiger charge is 2.21. The molecule has 17 heavy (non-hydrogen) atoms. The first-order chi connectivity index (χ1) is 8.02. The van der Waals surface area contributed by atoms with Gasteiger partial charge in [-0.1, -0.05) is 12.2 Å². The quantitative estimate of drug-likeness (QED) is 0.608. The van der Waals surface area contributed by atoms with Crippen molar-refractivity contribution in [2.45, 2.75) is 31.9 Å². The van der Waals surface area contributed by atoms with Crippen molar-refractivity contribution in [3.63, 3.8) is 0 Å². The highest BCUT2D eigenvalue weighted by molar-refractivity contribution is 5.23. The summed E-state index contributed by atoms with van der Waals surface area (Å²) in [6, 6.07) is -0.0962. The summed E-state index contributed by atoms with van der Waals surface area (Å²) in [6.45, 7) is 4.09. The number of hydrogen-bond acceptors (Lipinski definition) is 4. The molecule has 0 radical (unpaired) electrons. The Bertz CT molecular complexity index is 286. The molecule has 2 unspecified atom stereocenters. The monoisotopic (exact) mass is 239 g/mol. The summed E-state index contributed by atoms with van der Waals surface area (Å²) in [5.41, 5.74) is 12.0. The van der Waals surface area contributed by atoms with E-state index in [1.54, 1.807) is 6.08 Å². The van der Waals surface area contributed by atoms with Crippen LogP contribution in [0.15, 0.2) is 23.9 Å². The van der Waals surface area contributed by atoms with Crippen LogP contribution in [0.25, 0.3) is 0 Å². The molecular weight excluding hydrogens is 214 g/mol. The van der Waals surface area contributed by atoms with E-state index in [0.29, 0.717) is 5.92 Å². The maximum absolute atomic E-state index is 9.91. The van der Waals surface area contributed by atoms with Gasteiger partial charge < -0.3 is 21.5 Å². The van der Waals surface area contributed by atoms with Crippen molar-refractivity contribution in [1.29, 1.82) is 0 Å². The molecule has 3 atom stereocenters. The third-order valence-electron chi connectivity index (χ3n) is 3.29. The van der Waals surface area contributed by atoms with E-state index in [9.17, 15) is 5.11 Å². The molecule has 4 nitrogen and oxygen atoms in total. The van der Waals surface area contributed by atoms with Crippen LogP contribution < -0.4 is 11.5 Å². The molecule has 4 heteroatoms. The molecule has 0 aromatic heterocycles. The molecule has 0 aromatic carbocycles. The fourth-order valence-corrected chi connectivity index (χ4v) is 2.22. The van der Waals surface area contributed by atoms with E-state index in [0.717, 1.165) is 25.1 Å². The number of likely N-dealkylation sites (tertiary alicyclic amines) is 1. The maximum atomic E-state index is 9.91. The van der Waals surface area contributed by atoms with Crippen LogP contribution in [0, 0.1) is 5.92 Å². The van der Waals surface area contributed by atoms with E-state index >= 15 is 0 Å². The molecule has 0 saturated carbocycles. The van der Waals surface area contributed by atoms with Crippen LogP contribution in [0.2, 0.25) is 0 Å². The summed E-state index contributed by atoms with van der Waals surface area (Å²) >= 11 is 0. The number of aliphatic hydroxyl groups excluding tert-OH is 1. The molecule has 0 bridgehead atoms. The van der Waals surface area contributed by atoms with E-state index in [-0.39, 0.29) is 6.04 Å². The fourth-order valence-electron chi connectivity index (χ4n) is 2.22. The van der Waals surface area contributed by atoms with Gasteiger partial charge in [-0.3, -0.25) is 0 Å². The molecule has 0 aromatic rings. The Morgan fingerprint density at radius 2 is 2.29 bits per heavy atom. The molecule has 0 amide bonds. The lowest BCUT2D eigenvalue weighted by Gasteiger charge is -2.13. The first-order valence-electron chi connectivity index (χ1n) is 6.25. The number of nitrogens with two attached hydrogens (primary N) is 2. The van der Waals surface area contributed by atoms with Crippen LogP contribution in [0.5, 0.6) is 0 Å². The lowest BCUT2D eigenvalue weighted by molar-refractivity contribution is 0.187. The Hall–Kier alpha value is -0.840. The fraction of sp³-hybridized carbons (Fsp3) is 0.692. The highest BCUT2D eigenvalue weighted by atomic mass is 16.3. The van der Waals surface area contributed by atoms with Crippen molar-refractivity contribution >= 4 is 0 Å². The van der Waals surface area contributed by atoms with Gasteiger partial charge in [-0.15, -0.1) is 0 Å². The second-order valence-corrected chi connectivity index (χ2v) is 5.03. The average molecular weight is 239 g/mol. The first-order valence-corrected chi connectivity index (χ1v) is 6.25. The Kier molecular flexibility index (Phi) is 5.68. The van der Waals surface area contributed by atoms with Crippen molar-refractivity contribution in [3.8, 4) is 0 Å². The Labute approximate surface area is 104 Å². The third kappa shape index (κ3) is 4.89. The molecule has 1 aliphatic rings. The predicted molar refractivity (Wildman–Crippen MR) is 71.3 cm³/mol. The van der Waals surface area contributed by atoms with Gasteiger partial charge in [0.25, 0.3) is 0 Å². The van der Waals surface area contributed by atoms with Crippen LogP contribution in [0.4, 0.5) is 0 Å². The van der Waals surface area contributed by atoms with Crippen molar-refractivity contribution in [2.24, 2.45) is 17.4 Å². The summed E-state index contributed by atoms with van der Waals surface area (Å²) in [6.07, 6.45) is 6.71. The number of hydrogen-bond donors (Lipinski definition) is 3. The second-order valence-electron chi connectivity index (χ2n) is 5.03. The van der Waals surface area contributed by atoms with Gasteiger partial charge in [0, 0.05) is 12.6 Å². The zero-order valence-electron chi connectivity index (χ0n) is 10.8. The lowest BCUT2D eigenvalue weighted by atomic mass is 9.99. The van der Waals surface area contributed by atoms with E-state index < -0.39 is 6.10 Å². The van der Waals surface area contributed by atoms with Crippen LogP contribution in [0.1, 0.15) is 19.8 Å². The Morgan fingerprint density at radius 1 is 1.59 bits per heavy atom. The zero-order valence-corrected chi connectivity index (χ0v) is 10.8. The second kappa shape index (κ2) is 6.79. The first kappa shape index (κ1) is 14.2. The summed E-state index contributed by atoms with van der Waals surface area (Å²) in [7, 11) is 2.12. The van der Waals surface area contributed by atoms with Crippen LogP contribution >= 0.6 is 0 Å². The molecular formula is C13H25N3O. The highest BCUT2D eigenvalue weighted by Crippen LogP contribution is 2.20. The Balaban J connectivity index is 2.38. The summed E-state index contributed by atoms with van der Waals surface area (Å²) < 4.78 is 0. The zero-order chi connectivity index (χ0) is 12.8. The summed E-state index contributed by atoms with van der Waals surface area (Å²) in [4.78, 5) is 2.30. The smallest absolute Gasteiger partial charge is 0.0727 e. The van der Waals surface area contributed by atoms with Gasteiger partial charge >= 0.3 is 0 Å². The largest absolute Gasteiger partial charge is 0.404 e. The molecule has 1 rings (SSSR count). The SMILES string of the molecule is CC(N)C(/C=C\C(O)C[C@@H]1CCN(C)C1)=C/N. The average Bonchev–Trinajstić information content (AvgIpc) is 2.64. The maximum Gasteiger partial charge on any atom is 0.0727 e.